The van der Waals surface area contributed by atoms with Gasteiger partial charge < -0.3 is 4.74 Å². The van der Waals surface area contributed by atoms with Gasteiger partial charge in [0, 0.05) is 11.6 Å². The Balaban J connectivity index is 1.65. The standard InChI is InChI=1S/C23H29NO2/c1-2-3-4-8-11-20-17-12-14-19(15-13-17)22(20)24-21(16-26-23(24)25)18-9-6-5-7-10-18/h5-7,9-10,12,14,17,19,21H,2-4,8,11,13,15-16H2,1H3/t17-,19+,21+/m1/s1. The zero-order valence-electron chi connectivity index (χ0n) is 15.7. The maximum absolute atomic E-state index is 12.7. The molecule has 0 saturated carbocycles. The Bertz CT molecular complexity index is 706. The van der Waals surface area contributed by atoms with Crippen molar-refractivity contribution >= 4 is 6.09 Å². The molecule has 1 saturated heterocycles. The van der Waals surface area contributed by atoms with Crippen molar-refractivity contribution in [1.29, 1.82) is 0 Å². The van der Waals surface area contributed by atoms with E-state index in [2.05, 4.69) is 31.2 Å². The average Bonchev–Trinajstić information content (AvgIpc) is 3.08. The molecule has 3 aliphatic carbocycles. The molecular weight excluding hydrogens is 322 g/mol. The maximum atomic E-state index is 12.7. The smallest absolute Gasteiger partial charge is 0.414 e. The van der Waals surface area contributed by atoms with Crippen LogP contribution in [0.1, 0.15) is 63.5 Å². The lowest BCUT2D eigenvalue weighted by atomic mass is 9.72. The first-order valence-corrected chi connectivity index (χ1v) is 10.2. The lowest BCUT2D eigenvalue weighted by molar-refractivity contribution is 0.160. The van der Waals surface area contributed by atoms with E-state index in [0.29, 0.717) is 18.4 Å². The molecule has 2 bridgehead atoms. The monoisotopic (exact) mass is 351 g/mol. The van der Waals surface area contributed by atoms with E-state index >= 15 is 0 Å². The molecule has 1 amide bonds. The molecule has 138 valence electrons. The van der Waals surface area contributed by atoms with E-state index in [4.69, 9.17) is 4.74 Å². The zero-order valence-corrected chi connectivity index (χ0v) is 15.7. The number of unbranched alkanes of at least 4 members (excludes halogenated alkanes) is 3. The molecule has 1 aliphatic heterocycles. The molecule has 26 heavy (non-hydrogen) atoms. The topological polar surface area (TPSA) is 29.5 Å². The summed E-state index contributed by atoms with van der Waals surface area (Å²) in [7, 11) is 0. The molecule has 0 N–H and O–H groups in total. The minimum atomic E-state index is -0.166. The van der Waals surface area contributed by atoms with Crippen LogP contribution in [0.3, 0.4) is 0 Å². The predicted octanol–water partition coefficient (Wildman–Crippen LogP) is 6.00. The number of carbonyl (C=O) groups excluding carboxylic acids is 1. The first-order valence-electron chi connectivity index (χ1n) is 10.2. The summed E-state index contributed by atoms with van der Waals surface area (Å²) in [6.45, 7) is 2.71. The van der Waals surface area contributed by atoms with Crippen LogP contribution in [0.2, 0.25) is 0 Å². The average molecular weight is 351 g/mol. The van der Waals surface area contributed by atoms with Gasteiger partial charge in [-0.1, -0.05) is 68.7 Å². The highest BCUT2D eigenvalue weighted by molar-refractivity contribution is 5.74. The van der Waals surface area contributed by atoms with Gasteiger partial charge in [-0.25, -0.2) is 4.79 Å². The van der Waals surface area contributed by atoms with Gasteiger partial charge in [0.15, 0.2) is 0 Å². The minimum absolute atomic E-state index is 0.0112. The molecular formula is C23H29NO2. The van der Waals surface area contributed by atoms with Crippen molar-refractivity contribution in [3.05, 3.63) is 59.3 Å². The van der Waals surface area contributed by atoms with Crippen molar-refractivity contribution in [2.75, 3.05) is 6.61 Å². The summed E-state index contributed by atoms with van der Waals surface area (Å²) >= 11 is 0. The Kier molecular flexibility index (Phi) is 5.14. The second kappa shape index (κ2) is 7.69. The zero-order chi connectivity index (χ0) is 17.9. The number of fused-ring (bicyclic) bond motifs is 1. The van der Waals surface area contributed by atoms with Crippen molar-refractivity contribution in [1.82, 2.24) is 4.90 Å². The highest BCUT2D eigenvalue weighted by Gasteiger charge is 2.43. The number of rotatable bonds is 7. The lowest BCUT2D eigenvalue weighted by Gasteiger charge is -2.40. The predicted molar refractivity (Wildman–Crippen MR) is 104 cm³/mol. The first kappa shape index (κ1) is 17.4. The van der Waals surface area contributed by atoms with E-state index in [1.165, 1.54) is 48.9 Å². The number of benzene rings is 1. The van der Waals surface area contributed by atoms with Crippen molar-refractivity contribution in [3.8, 4) is 0 Å². The van der Waals surface area contributed by atoms with Crippen LogP contribution in [0.25, 0.3) is 0 Å². The molecule has 1 aromatic rings. The fourth-order valence-electron chi connectivity index (χ4n) is 4.76. The normalized spacial score (nSPS) is 27.3. The van der Waals surface area contributed by atoms with Crippen LogP contribution in [0, 0.1) is 11.8 Å². The molecule has 3 atom stereocenters. The van der Waals surface area contributed by atoms with Crippen LogP contribution in [-0.4, -0.2) is 17.6 Å². The van der Waals surface area contributed by atoms with Gasteiger partial charge in [0.05, 0.1) is 6.04 Å². The van der Waals surface area contributed by atoms with Gasteiger partial charge in [-0.3, -0.25) is 4.90 Å². The quantitative estimate of drug-likeness (QED) is 0.445. The number of nitrogens with zero attached hydrogens (tertiary/aromatic N) is 1. The van der Waals surface area contributed by atoms with Crippen LogP contribution < -0.4 is 0 Å². The fraction of sp³-hybridized carbons (Fsp3) is 0.522. The molecule has 1 fully saturated rings. The van der Waals surface area contributed by atoms with E-state index in [-0.39, 0.29) is 12.1 Å². The number of cyclic esters (lactones) is 1. The van der Waals surface area contributed by atoms with Crippen molar-refractivity contribution in [2.24, 2.45) is 11.8 Å². The number of allylic oxidation sites excluding steroid dienone is 3. The van der Waals surface area contributed by atoms with Gasteiger partial charge in [-0.05, 0) is 42.7 Å². The molecule has 3 nitrogen and oxygen atoms in total. The van der Waals surface area contributed by atoms with Gasteiger partial charge in [-0.2, -0.15) is 0 Å². The first-order chi connectivity index (χ1) is 12.8. The molecule has 4 aliphatic rings. The van der Waals surface area contributed by atoms with Crippen molar-refractivity contribution in [2.45, 2.75) is 57.9 Å². The largest absolute Gasteiger partial charge is 0.447 e. The maximum Gasteiger partial charge on any atom is 0.414 e. The number of carbonyl (C=O) groups is 1. The van der Waals surface area contributed by atoms with Crippen LogP contribution in [0.5, 0.6) is 0 Å². The number of amides is 1. The van der Waals surface area contributed by atoms with Crippen LogP contribution >= 0.6 is 0 Å². The molecule has 0 unspecified atom stereocenters. The Morgan fingerprint density at radius 1 is 1.04 bits per heavy atom. The lowest BCUT2D eigenvalue weighted by Crippen LogP contribution is -2.36. The van der Waals surface area contributed by atoms with E-state index in [0.717, 1.165) is 12.8 Å². The van der Waals surface area contributed by atoms with E-state index in [9.17, 15) is 4.79 Å². The molecule has 1 aromatic carbocycles. The fourth-order valence-corrected chi connectivity index (χ4v) is 4.76. The van der Waals surface area contributed by atoms with Gasteiger partial charge in [0.25, 0.3) is 0 Å². The summed E-state index contributed by atoms with van der Waals surface area (Å²) < 4.78 is 5.51. The van der Waals surface area contributed by atoms with E-state index in [1.54, 1.807) is 0 Å². The van der Waals surface area contributed by atoms with Gasteiger partial charge in [0.1, 0.15) is 6.61 Å². The summed E-state index contributed by atoms with van der Waals surface area (Å²) in [5.41, 5.74) is 3.93. The van der Waals surface area contributed by atoms with E-state index < -0.39 is 0 Å². The van der Waals surface area contributed by atoms with E-state index in [1.807, 2.05) is 23.1 Å². The Labute approximate surface area is 156 Å². The van der Waals surface area contributed by atoms with Gasteiger partial charge in [0.2, 0.25) is 0 Å². The molecule has 0 spiro atoms. The molecule has 0 aromatic heterocycles. The number of hydrogen-bond acceptors (Lipinski definition) is 2. The van der Waals surface area contributed by atoms with Crippen molar-refractivity contribution in [3.63, 3.8) is 0 Å². The minimum Gasteiger partial charge on any atom is -0.447 e. The second-order valence-electron chi connectivity index (χ2n) is 7.77. The van der Waals surface area contributed by atoms with Gasteiger partial charge >= 0.3 is 6.09 Å². The third kappa shape index (κ3) is 3.20. The SMILES string of the molecule is CCCCCCC1=C(N2C(=O)OC[C@H]2c2ccccc2)[C@H]2C=C[C@@H]1CC2. The number of ether oxygens (including phenoxy) is 1. The van der Waals surface area contributed by atoms with Crippen LogP contribution in [-0.2, 0) is 4.74 Å². The Hall–Kier alpha value is -2.03. The molecule has 3 heteroatoms. The van der Waals surface area contributed by atoms with Crippen molar-refractivity contribution < 1.29 is 9.53 Å². The van der Waals surface area contributed by atoms with Crippen LogP contribution in [0.15, 0.2) is 53.8 Å². The molecule has 1 heterocycles. The third-order valence-electron chi connectivity index (χ3n) is 6.11. The number of hydrogen-bond donors (Lipinski definition) is 0. The second-order valence-corrected chi connectivity index (χ2v) is 7.77. The summed E-state index contributed by atoms with van der Waals surface area (Å²) in [5.74, 6) is 0.888. The summed E-state index contributed by atoms with van der Waals surface area (Å²) in [5, 5.41) is 0. The summed E-state index contributed by atoms with van der Waals surface area (Å²) in [6, 6.07) is 10.3. The molecule has 0 radical (unpaired) electrons. The third-order valence-corrected chi connectivity index (χ3v) is 6.11. The summed E-state index contributed by atoms with van der Waals surface area (Å²) in [4.78, 5) is 14.7. The Morgan fingerprint density at radius 3 is 2.54 bits per heavy atom. The van der Waals surface area contributed by atoms with Gasteiger partial charge in [-0.15, -0.1) is 0 Å². The summed E-state index contributed by atoms with van der Waals surface area (Å²) in [6.07, 6.45) is 13.1. The highest BCUT2D eigenvalue weighted by Crippen LogP contribution is 2.47. The Morgan fingerprint density at radius 2 is 1.81 bits per heavy atom. The molecule has 5 rings (SSSR count). The van der Waals surface area contributed by atoms with Crippen LogP contribution in [0.4, 0.5) is 4.79 Å². The highest BCUT2D eigenvalue weighted by atomic mass is 16.6.